The van der Waals surface area contributed by atoms with E-state index >= 15 is 0 Å². The molecule has 2 aromatic carbocycles. The lowest BCUT2D eigenvalue weighted by atomic mass is 10.1. The predicted molar refractivity (Wildman–Crippen MR) is 117 cm³/mol. The van der Waals surface area contributed by atoms with Crippen LogP contribution in [0.1, 0.15) is 18.2 Å². The van der Waals surface area contributed by atoms with Gasteiger partial charge in [-0.1, -0.05) is 41.9 Å². The molecule has 0 radical (unpaired) electrons. The van der Waals surface area contributed by atoms with Gasteiger partial charge in [0.25, 0.3) is 5.91 Å². The molecule has 1 aliphatic heterocycles. The van der Waals surface area contributed by atoms with E-state index in [1.165, 1.54) is 7.11 Å². The number of fused-ring (bicyclic) bond motifs is 1. The van der Waals surface area contributed by atoms with E-state index in [2.05, 4.69) is 15.7 Å². The van der Waals surface area contributed by atoms with Gasteiger partial charge in [-0.05, 0) is 23.8 Å². The van der Waals surface area contributed by atoms with Crippen LogP contribution in [0.5, 0.6) is 5.75 Å². The Bertz CT molecular complexity index is 1130. The first-order valence-corrected chi connectivity index (χ1v) is 9.99. The van der Waals surface area contributed by atoms with Crippen molar-refractivity contribution < 1.29 is 19.1 Å². The summed E-state index contributed by atoms with van der Waals surface area (Å²) in [7, 11) is 3.09. The third-order valence-corrected chi connectivity index (χ3v) is 5.22. The normalized spacial score (nSPS) is 14.8. The number of rotatable bonds is 7. The molecule has 0 saturated heterocycles. The molecule has 4 rings (SSSR count). The number of anilines is 2. The van der Waals surface area contributed by atoms with E-state index < -0.39 is 6.04 Å². The number of carbonyl (C=O) groups is 2. The Kier molecular flexibility index (Phi) is 5.92. The number of nitrogens with zero attached hydrogens (tertiary/aromatic N) is 2. The lowest BCUT2D eigenvalue weighted by Crippen LogP contribution is -2.24. The van der Waals surface area contributed by atoms with Crippen LogP contribution < -0.4 is 15.4 Å². The average Bonchev–Trinajstić information content (AvgIpc) is 3.24. The molecule has 2 N–H and O–H groups in total. The number of nitrogens with one attached hydrogen (secondary N) is 2. The molecule has 160 valence electrons. The third kappa shape index (κ3) is 4.12. The van der Waals surface area contributed by atoms with Crippen LogP contribution in [0.25, 0.3) is 11.1 Å². The molecule has 0 aliphatic carbocycles. The summed E-state index contributed by atoms with van der Waals surface area (Å²) >= 11 is 6.03. The molecule has 3 aromatic rings. The largest absolute Gasteiger partial charge is 0.495 e. The van der Waals surface area contributed by atoms with Crippen LogP contribution in [-0.2, 0) is 20.9 Å². The summed E-state index contributed by atoms with van der Waals surface area (Å²) in [4.78, 5) is 25.4. The molecular weight excluding hydrogens is 420 g/mol. The van der Waals surface area contributed by atoms with Gasteiger partial charge in [-0.3, -0.25) is 9.59 Å². The van der Waals surface area contributed by atoms with Crippen LogP contribution in [-0.4, -0.2) is 35.8 Å². The van der Waals surface area contributed by atoms with Crippen molar-refractivity contribution in [3.8, 4) is 16.9 Å². The van der Waals surface area contributed by atoms with Gasteiger partial charge < -0.3 is 20.1 Å². The van der Waals surface area contributed by atoms with E-state index in [-0.39, 0.29) is 24.8 Å². The molecule has 1 aromatic heterocycles. The molecule has 2 heterocycles. The summed E-state index contributed by atoms with van der Waals surface area (Å²) in [5.41, 5.74) is 2.81. The summed E-state index contributed by atoms with van der Waals surface area (Å²) in [6.07, 6.45) is -0.100. The zero-order chi connectivity index (χ0) is 22.0. The van der Waals surface area contributed by atoms with Gasteiger partial charge in [-0.15, -0.1) is 0 Å². The van der Waals surface area contributed by atoms with Gasteiger partial charge in [0.15, 0.2) is 0 Å². The standard InChI is InChI=1S/C22H21ClN4O4/c1-30-12-16-20(13-6-4-3-5-7-13)21-25-22(29)17(27(21)26-16)11-19(28)24-15-10-14(23)8-9-18(15)31-2/h3-10,17H,11-12H2,1-2H3,(H,24,28)(H,25,29)/t17-/m1/s1. The molecule has 9 heteroatoms. The number of hydrogen-bond acceptors (Lipinski definition) is 5. The van der Waals surface area contributed by atoms with Gasteiger partial charge in [0.1, 0.15) is 17.6 Å². The summed E-state index contributed by atoms with van der Waals surface area (Å²) in [6, 6.07) is 13.8. The smallest absolute Gasteiger partial charge is 0.251 e. The fourth-order valence-corrected chi connectivity index (χ4v) is 3.79. The number of hydrogen-bond donors (Lipinski definition) is 2. The second-order valence-corrected chi connectivity index (χ2v) is 7.45. The summed E-state index contributed by atoms with van der Waals surface area (Å²) < 4.78 is 12.1. The van der Waals surface area contributed by atoms with Crippen molar-refractivity contribution >= 4 is 34.9 Å². The number of halogens is 1. The Balaban J connectivity index is 1.62. The highest BCUT2D eigenvalue weighted by molar-refractivity contribution is 6.31. The van der Waals surface area contributed by atoms with Crippen LogP contribution >= 0.6 is 11.6 Å². The van der Waals surface area contributed by atoms with Crippen LogP contribution in [0.3, 0.4) is 0 Å². The van der Waals surface area contributed by atoms with Crippen LogP contribution in [0.4, 0.5) is 11.5 Å². The maximum absolute atomic E-state index is 12.7. The topological polar surface area (TPSA) is 94.5 Å². The molecule has 31 heavy (non-hydrogen) atoms. The maximum Gasteiger partial charge on any atom is 0.251 e. The monoisotopic (exact) mass is 440 g/mol. The summed E-state index contributed by atoms with van der Waals surface area (Å²) in [5.74, 6) is 0.374. The van der Waals surface area contributed by atoms with Crippen molar-refractivity contribution in [1.82, 2.24) is 9.78 Å². The number of aromatic nitrogens is 2. The zero-order valence-electron chi connectivity index (χ0n) is 17.0. The Hall–Kier alpha value is -3.36. The van der Waals surface area contributed by atoms with E-state index in [1.54, 1.807) is 30.0 Å². The fourth-order valence-electron chi connectivity index (χ4n) is 3.62. The van der Waals surface area contributed by atoms with E-state index in [0.29, 0.717) is 28.0 Å². The minimum absolute atomic E-state index is 0.100. The highest BCUT2D eigenvalue weighted by Gasteiger charge is 2.37. The van der Waals surface area contributed by atoms with Crippen molar-refractivity contribution in [2.75, 3.05) is 24.9 Å². The van der Waals surface area contributed by atoms with E-state index in [9.17, 15) is 9.59 Å². The number of amides is 2. The first-order valence-electron chi connectivity index (χ1n) is 9.61. The minimum Gasteiger partial charge on any atom is -0.495 e. The number of carbonyl (C=O) groups excluding carboxylic acids is 2. The minimum atomic E-state index is -0.784. The van der Waals surface area contributed by atoms with Gasteiger partial charge >= 0.3 is 0 Å². The Morgan fingerprint density at radius 3 is 2.71 bits per heavy atom. The van der Waals surface area contributed by atoms with Gasteiger partial charge in [0.2, 0.25) is 5.91 Å². The highest BCUT2D eigenvalue weighted by Crippen LogP contribution is 2.39. The SMILES string of the molecule is COCc1nn2c(c1-c1ccccc1)NC(=O)[C@H]2CC(=O)Nc1cc(Cl)ccc1OC. The zero-order valence-corrected chi connectivity index (χ0v) is 17.8. The molecule has 0 fully saturated rings. The third-order valence-electron chi connectivity index (χ3n) is 4.98. The Labute approximate surface area is 184 Å². The summed E-state index contributed by atoms with van der Waals surface area (Å²) in [6.45, 7) is 0.277. The molecule has 8 nitrogen and oxygen atoms in total. The molecular formula is C22H21ClN4O4. The van der Waals surface area contributed by atoms with Crippen molar-refractivity contribution in [2.45, 2.75) is 19.1 Å². The predicted octanol–water partition coefficient (Wildman–Crippen LogP) is 3.88. The van der Waals surface area contributed by atoms with Crippen LogP contribution in [0.2, 0.25) is 5.02 Å². The van der Waals surface area contributed by atoms with E-state index in [4.69, 9.17) is 21.1 Å². The quantitative estimate of drug-likeness (QED) is 0.581. The molecule has 1 aliphatic rings. The number of ether oxygens (including phenoxy) is 2. The van der Waals surface area contributed by atoms with Crippen molar-refractivity contribution in [2.24, 2.45) is 0 Å². The second-order valence-electron chi connectivity index (χ2n) is 7.02. The Morgan fingerprint density at radius 1 is 1.23 bits per heavy atom. The molecule has 0 spiro atoms. The lowest BCUT2D eigenvalue weighted by Gasteiger charge is -2.13. The first kappa shape index (κ1) is 20.9. The molecule has 0 saturated carbocycles. The number of benzene rings is 2. The van der Waals surface area contributed by atoms with Crippen molar-refractivity contribution in [3.63, 3.8) is 0 Å². The molecule has 2 amide bonds. The van der Waals surface area contributed by atoms with Crippen molar-refractivity contribution in [3.05, 3.63) is 59.2 Å². The van der Waals surface area contributed by atoms with Crippen molar-refractivity contribution in [1.29, 1.82) is 0 Å². The van der Waals surface area contributed by atoms with E-state index in [1.807, 2.05) is 30.3 Å². The molecule has 1 atom stereocenters. The fraction of sp³-hybridized carbons (Fsp3) is 0.227. The second kappa shape index (κ2) is 8.79. The highest BCUT2D eigenvalue weighted by atomic mass is 35.5. The average molecular weight is 441 g/mol. The first-order chi connectivity index (χ1) is 15.0. The maximum atomic E-state index is 12.7. The molecule has 0 unspecified atom stereocenters. The van der Waals surface area contributed by atoms with E-state index in [0.717, 1.165) is 11.1 Å². The number of methoxy groups -OCH3 is 2. The Morgan fingerprint density at radius 2 is 2.00 bits per heavy atom. The lowest BCUT2D eigenvalue weighted by molar-refractivity contribution is -0.123. The summed E-state index contributed by atoms with van der Waals surface area (Å²) in [5, 5.41) is 10.7. The van der Waals surface area contributed by atoms with Gasteiger partial charge in [0, 0.05) is 17.7 Å². The van der Waals surface area contributed by atoms with Crippen LogP contribution in [0.15, 0.2) is 48.5 Å². The van der Waals surface area contributed by atoms with Gasteiger partial charge in [-0.25, -0.2) is 4.68 Å². The van der Waals surface area contributed by atoms with Gasteiger partial charge in [-0.2, -0.15) is 5.10 Å². The van der Waals surface area contributed by atoms with Crippen LogP contribution in [0, 0.1) is 0 Å². The van der Waals surface area contributed by atoms with Gasteiger partial charge in [0.05, 0.1) is 31.5 Å². The molecule has 0 bridgehead atoms.